The lowest BCUT2D eigenvalue weighted by Crippen LogP contribution is -2.60. The van der Waals surface area contributed by atoms with Gasteiger partial charge in [-0.05, 0) is 69.1 Å². The molecule has 7 nitrogen and oxygen atoms in total. The number of aliphatic hydroxyl groups excluding tert-OH is 4. The van der Waals surface area contributed by atoms with Crippen molar-refractivity contribution in [3.63, 3.8) is 0 Å². The van der Waals surface area contributed by atoms with E-state index < -0.39 is 37.3 Å². The quantitative estimate of drug-likeness (QED) is 0.445. The van der Waals surface area contributed by atoms with Gasteiger partial charge in [0, 0.05) is 11.5 Å². The van der Waals surface area contributed by atoms with Gasteiger partial charge in [-0.2, -0.15) is 0 Å². The van der Waals surface area contributed by atoms with Crippen molar-refractivity contribution >= 4 is 0 Å². The maximum atomic E-state index is 10.6. The van der Waals surface area contributed by atoms with Gasteiger partial charge in [0.1, 0.15) is 41.5 Å². The van der Waals surface area contributed by atoms with Crippen molar-refractivity contribution in [2.45, 2.75) is 115 Å². The molecule has 0 amide bonds. The highest BCUT2D eigenvalue weighted by molar-refractivity contribution is 5.53. The van der Waals surface area contributed by atoms with Crippen molar-refractivity contribution in [1.82, 2.24) is 0 Å². The first-order chi connectivity index (χ1) is 16.2. The van der Waals surface area contributed by atoms with Crippen molar-refractivity contribution < 1.29 is 34.6 Å². The molecule has 0 aromatic heterocycles. The smallest absolute Gasteiger partial charge is 0.229 e. The van der Waals surface area contributed by atoms with Crippen LogP contribution in [0.25, 0.3) is 0 Å². The van der Waals surface area contributed by atoms with E-state index in [9.17, 15) is 20.4 Å². The number of aryl methyl sites for hydroxylation is 1. The number of hydrogen-bond acceptors (Lipinski definition) is 7. The van der Waals surface area contributed by atoms with E-state index in [0.29, 0.717) is 17.6 Å². The fourth-order valence-corrected chi connectivity index (χ4v) is 6.11. The molecule has 1 saturated carbocycles. The van der Waals surface area contributed by atoms with Gasteiger partial charge >= 0.3 is 0 Å². The molecule has 1 aromatic rings. The molecular weight excluding hydrogens is 436 g/mol. The molecule has 34 heavy (non-hydrogen) atoms. The molecule has 2 fully saturated rings. The van der Waals surface area contributed by atoms with Gasteiger partial charge in [-0.25, -0.2) is 0 Å². The highest BCUT2D eigenvalue weighted by atomic mass is 16.7. The molecule has 2 heterocycles. The molecule has 0 radical (unpaired) electrons. The highest BCUT2D eigenvalue weighted by Gasteiger charge is 2.49. The summed E-state index contributed by atoms with van der Waals surface area (Å²) in [6.07, 6.45) is 0.936. The number of aliphatic hydroxyl groups is 4. The minimum absolute atomic E-state index is 0.257. The van der Waals surface area contributed by atoms with Gasteiger partial charge in [0.2, 0.25) is 6.29 Å². The molecule has 0 spiro atoms. The summed E-state index contributed by atoms with van der Waals surface area (Å²) in [5, 5.41) is 40.7. The maximum absolute atomic E-state index is 10.6. The molecule has 1 aromatic carbocycles. The number of ether oxygens (including phenoxy) is 3. The van der Waals surface area contributed by atoms with Gasteiger partial charge in [0.15, 0.2) is 0 Å². The molecule has 2 aliphatic heterocycles. The zero-order chi connectivity index (χ0) is 24.6. The van der Waals surface area contributed by atoms with Crippen LogP contribution in [0, 0.1) is 11.8 Å². The Morgan fingerprint density at radius 1 is 1.06 bits per heavy atom. The number of fused-ring (bicyclic) bond motifs is 3. The SMILES string of the molecule is CCCCCc1cc(O[C@@H]2O[C@H](CO)[C@@H](O)[C@H](O)[C@H]2O)c2c(c1)OC(C)(C)[C@@H]1CC[C@H](C)C[C@@H]21. The van der Waals surface area contributed by atoms with E-state index in [2.05, 4.69) is 33.8 Å². The van der Waals surface area contributed by atoms with Crippen LogP contribution in [0.3, 0.4) is 0 Å². The predicted octanol–water partition coefficient (Wildman–Crippen LogP) is 3.29. The lowest BCUT2D eigenvalue weighted by molar-refractivity contribution is -0.277. The summed E-state index contributed by atoms with van der Waals surface area (Å²) in [6.45, 7) is 8.32. The van der Waals surface area contributed by atoms with Gasteiger partial charge in [-0.1, -0.05) is 33.1 Å². The normalized spacial score (nSPS) is 36.8. The van der Waals surface area contributed by atoms with E-state index in [0.717, 1.165) is 55.4 Å². The molecule has 1 aliphatic carbocycles. The molecular formula is C27H42O7. The molecule has 4 rings (SSSR count). The van der Waals surface area contributed by atoms with E-state index in [-0.39, 0.29) is 11.5 Å². The van der Waals surface area contributed by atoms with Crippen LogP contribution >= 0.6 is 0 Å². The maximum Gasteiger partial charge on any atom is 0.229 e. The minimum Gasteiger partial charge on any atom is -0.487 e. The largest absolute Gasteiger partial charge is 0.487 e. The van der Waals surface area contributed by atoms with Gasteiger partial charge in [0.25, 0.3) is 0 Å². The molecule has 3 aliphatic rings. The Kier molecular flexibility index (Phi) is 7.80. The van der Waals surface area contributed by atoms with E-state index in [1.165, 1.54) is 6.42 Å². The zero-order valence-electron chi connectivity index (χ0n) is 20.9. The first-order valence-corrected chi connectivity index (χ1v) is 13.0. The molecule has 1 saturated heterocycles. The van der Waals surface area contributed by atoms with Crippen LogP contribution in [-0.2, 0) is 11.2 Å². The molecule has 192 valence electrons. The van der Waals surface area contributed by atoms with E-state index >= 15 is 0 Å². The lowest BCUT2D eigenvalue weighted by Gasteiger charge is -2.49. The van der Waals surface area contributed by atoms with Crippen LogP contribution in [0.4, 0.5) is 0 Å². The molecule has 8 atom stereocenters. The average molecular weight is 479 g/mol. The standard InChI is InChI=1S/C27H42O7/c1-5-6-7-8-16-12-19(32-26-25(31)24(30)23(29)21(14-28)33-26)22-17-11-15(2)9-10-18(17)27(3,4)34-20(22)13-16/h12-13,15,17-18,21,23-26,28-31H,5-11,14H2,1-4H3/t15-,17+,18+,21+,23+,24-,25+,26+/m0/s1. The number of benzene rings is 1. The third kappa shape index (κ3) is 4.96. The van der Waals surface area contributed by atoms with Crippen molar-refractivity contribution in [2.24, 2.45) is 11.8 Å². The van der Waals surface area contributed by atoms with E-state index in [1.807, 2.05) is 6.07 Å². The minimum atomic E-state index is -1.47. The summed E-state index contributed by atoms with van der Waals surface area (Å²) in [5.41, 5.74) is 1.82. The fraction of sp³-hybridized carbons (Fsp3) is 0.778. The van der Waals surface area contributed by atoms with Crippen LogP contribution < -0.4 is 9.47 Å². The Morgan fingerprint density at radius 2 is 1.82 bits per heavy atom. The van der Waals surface area contributed by atoms with E-state index in [4.69, 9.17) is 14.2 Å². The second-order valence-electron chi connectivity index (χ2n) is 11.1. The third-order valence-corrected chi connectivity index (χ3v) is 8.07. The Hall–Kier alpha value is -1.38. The fourth-order valence-electron chi connectivity index (χ4n) is 6.11. The topological polar surface area (TPSA) is 109 Å². The predicted molar refractivity (Wildman–Crippen MR) is 128 cm³/mol. The van der Waals surface area contributed by atoms with Crippen LogP contribution in [0.15, 0.2) is 12.1 Å². The van der Waals surface area contributed by atoms with Crippen LogP contribution in [0.5, 0.6) is 11.5 Å². The highest BCUT2D eigenvalue weighted by Crippen LogP contribution is 2.56. The van der Waals surface area contributed by atoms with Crippen LogP contribution in [0.2, 0.25) is 0 Å². The molecule has 0 bridgehead atoms. The Morgan fingerprint density at radius 3 is 2.53 bits per heavy atom. The van der Waals surface area contributed by atoms with E-state index in [1.54, 1.807) is 0 Å². The van der Waals surface area contributed by atoms with Crippen LogP contribution in [0.1, 0.15) is 83.3 Å². The summed E-state index contributed by atoms with van der Waals surface area (Å²) in [6, 6.07) is 4.16. The van der Waals surface area contributed by atoms with Crippen molar-refractivity contribution in [3.05, 3.63) is 23.3 Å². The number of hydrogen-bond donors (Lipinski definition) is 4. The Balaban J connectivity index is 1.72. The number of unbranched alkanes of at least 4 members (excludes halogenated alkanes) is 2. The van der Waals surface area contributed by atoms with Gasteiger partial charge in [-0.3, -0.25) is 0 Å². The van der Waals surface area contributed by atoms with Crippen molar-refractivity contribution in [1.29, 1.82) is 0 Å². The summed E-state index contributed by atoms with van der Waals surface area (Å²) in [5.74, 6) is 2.63. The average Bonchev–Trinajstić information content (AvgIpc) is 2.78. The lowest BCUT2D eigenvalue weighted by atomic mass is 9.64. The first kappa shape index (κ1) is 25.7. The van der Waals surface area contributed by atoms with Gasteiger partial charge in [-0.15, -0.1) is 0 Å². The molecule has 0 unspecified atom stereocenters. The second-order valence-corrected chi connectivity index (χ2v) is 11.1. The number of rotatable bonds is 7. The zero-order valence-corrected chi connectivity index (χ0v) is 20.9. The molecule has 7 heteroatoms. The van der Waals surface area contributed by atoms with Crippen molar-refractivity contribution in [3.8, 4) is 11.5 Å². The molecule has 4 N–H and O–H groups in total. The summed E-state index contributed by atoms with van der Waals surface area (Å²) in [4.78, 5) is 0. The third-order valence-electron chi connectivity index (χ3n) is 8.07. The summed E-state index contributed by atoms with van der Waals surface area (Å²) < 4.78 is 18.6. The summed E-state index contributed by atoms with van der Waals surface area (Å²) >= 11 is 0. The van der Waals surface area contributed by atoms with Crippen molar-refractivity contribution in [2.75, 3.05) is 6.61 Å². The monoisotopic (exact) mass is 478 g/mol. The second kappa shape index (κ2) is 10.3. The van der Waals surface area contributed by atoms with Gasteiger partial charge < -0.3 is 34.6 Å². The van der Waals surface area contributed by atoms with Gasteiger partial charge in [0.05, 0.1) is 6.61 Å². The Bertz CT molecular complexity index is 839. The van der Waals surface area contributed by atoms with Crippen LogP contribution in [-0.4, -0.2) is 63.3 Å². The first-order valence-electron chi connectivity index (χ1n) is 13.0. The summed E-state index contributed by atoms with van der Waals surface area (Å²) in [7, 11) is 0. The Labute approximate surface area is 203 Å².